The van der Waals surface area contributed by atoms with E-state index < -0.39 is 11.9 Å². The van der Waals surface area contributed by atoms with Gasteiger partial charge in [0.2, 0.25) is 0 Å². The second kappa shape index (κ2) is 6.38. The average Bonchev–Trinajstić information content (AvgIpc) is 2.79. The van der Waals surface area contributed by atoms with Gasteiger partial charge in [0.15, 0.2) is 0 Å². The molecule has 0 fully saturated rings. The quantitative estimate of drug-likeness (QED) is 0.627. The number of rotatable bonds is 4. The molecule has 20 heavy (non-hydrogen) atoms. The monoisotopic (exact) mass is 291 g/mol. The van der Waals surface area contributed by atoms with Crippen molar-refractivity contribution in [2.45, 2.75) is 6.42 Å². The summed E-state index contributed by atoms with van der Waals surface area (Å²) in [6.07, 6.45) is 1.70. The molecule has 0 radical (unpaired) electrons. The molecule has 0 saturated carbocycles. The van der Waals surface area contributed by atoms with Crippen LogP contribution >= 0.6 is 11.8 Å². The number of hydrogen-bond donors (Lipinski definition) is 0. The number of esters is 1. The number of carbonyl (C=O) groups excluding carboxylic acids is 2. The molecule has 1 aliphatic rings. The third-order valence-electron chi connectivity index (χ3n) is 2.63. The van der Waals surface area contributed by atoms with Crippen LogP contribution in [0.15, 0.2) is 40.2 Å². The first-order chi connectivity index (χ1) is 9.62. The molecule has 0 atom stereocenters. The molecule has 6 heteroatoms. The van der Waals surface area contributed by atoms with Crippen molar-refractivity contribution in [2.24, 2.45) is 4.99 Å². The van der Waals surface area contributed by atoms with Crippen molar-refractivity contribution in [2.75, 3.05) is 14.2 Å². The van der Waals surface area contributed by atoms with Crippen LogP contribution in [-0.2, 0) is 20.7 Å². The summed E-state index contributed by atoms with van der Waals surface area (Å²) in [4.78, 5) is 27.0. The van der Waals surface area contributed by atoms with E-state index in [0.29, 0.717) is 16.4 Å². The molecule has 0 bridgehead atoms. The van der Waals surface area contributed by atoms with Gasteiger partial charge in [-0.3, -0.25) is 4.79 Å². The second-order valence-electron chi connectivity index (χ2n) is 3.97. The lowest BCUT2D eigenvalue weighted by Gasteiger charge is -2.02. The fraction of sp³-hybridized carbons (Fsp3) is 0.214. The standard InChI is InChI=1S/C14H13NO4S/c1-18-10-5-3-9(4-6-10)7-12-15-14(17)11(20-12)8-13(16)19-2/h3-6,8H,7H2,1-2H3/b11-8+. The summed E-state index contributed by atoms with van der Waals surface area (Å²) in [6, 6.07) is 7.52. The van der Waals surface area contributed by atoms with Gasteiger partial charge in [-0.15, -0.1) is 0 Å². The fourth-order valence-electron chi connectivity index (χ4n) is 1.61. The van der Waals surface area contributed by atoms with Crippen LogP contribution in [0, 0.1) is 0 Å². The minimum atomic E-state index is -0.554. The Hall–Kier alpha value is -2.08. The number of aliphatic imine (C=N–C) groups is 1. The summed E-state index contributed by atoms with van der Waals surface area (Å²) in [6.45, 7) is 0. The van der Waals surface area contributed by atoms with Crippen molar-refractivity contribution in [1.82, 2.24) is 0 Å². The third kappa shape index (κ3) is 3.48. The van der Waals surface area contributed by atoms with Gasteiger partial charge in [-0.05, 0) is 17.7 Å². The normalized spacial score (nSPS) is 16.2. The molecule has 0 saturated heterocycles. The molecule has 0 N–H and O–H groups in total. The van der Waals surface area contributed by atoms with Crippen LogP contribution in [0.1, 0.15) is 5.56 Å². The highest BCUT2D eigenvalue weighted by molar-refractivity contribution is 8.18. The van der Waals surface area contributed by atoms with Crippen LogP contribution in [0.25, 0.3) is 0 Å². The van der Waals surface area contributed by atoms with Gasteiger partial charge in [-0.25, -0.2) is 9.79 Å². The summed E-state index contributed by atoms with van der Waals surface area (Å²) < 4.78 is 9.57. The lowest BCUT2D eigenvalue weighted by Crippen LogP contribution is -1.98. The van der Waals surface area contributed by atoms with Gasteiger partial charge in [-0.2, -0.15) is 0 Å². The average molecular weight is 291 g/mol. The largest absolute Gasteiger partial charge is 0.497 e. The Bertz CT molecular complexity index is 590. The number of nitrogens with zero attached hydrogens (tertiary/aromatic N) is 1. The molecule has 1 aromatic rings. The Morgan fingerprint density at radius 1 is 1.30 bits per heavy atom. The summed E-state index contributed by atoms with van der Waals surface area (Å²) in [5.74, 6) is -0.178. The molecule has 1 aromatic carbocycles. The lowest BCUT2D eigenvalue weighted by molar-refractivity contribution is -0.135. The van der Waals surface area contributed by atoms with Crippen LogP contribution in [0.2, 0.25) is 0 Å². The smallest absolute Gasteiger partial charge is 0.331 e. The molecular weight excluding hydrogens is 278 g/mol. The zero-order valence-corrected chi connectivity index (χ0v) is 11.9. The Morgan fingerprint density at radius 3 is 2.60 bits per heavy atom. The van der Waals surface area contributed by atoms with Crippen molar-refractivity contribution in [3.8, 4) is 5.75 Å². The second-order valence-corrected chi connectivity index (χ2v) is 5.08. The molecule has 0 aromatic heterocycles. The van der Waals surface area contributed by atoms with Crippen LogP contribution in [0.4, 0.5) is 0 Å². The first-order valence-corrected chi connectivity index (χ1v) is 6.66. The van der Waals surface area contributed by atoms with E-state index in [1.165, 1.54) is 18.9 Å². The molecular formula is C14H13NO4S. The van der Waals surface area contributed by atoms with E-state index in [0.717, 1.165) is 17.4 Å². The summed E-state index contributed by atoms with van der Waals surface area (Å²) in [5, 5.41) is 0.662. The first kappa shape index (κ1) is 14.3. The highest BCUT2D eigenvalue weighted by Crippen LogP contribution is 2.28. The number of benzene rings is 1. The fourth-order valence-corrected chi connectivity index (χ4v) is 2.52. The molecule has 2 rings (SSSR count). The van der Waals surface area contributed by atoms with E-state index in [2.05, 4.69) is 9.73 Å². The molecule has 5 nitrogen and oxygen atoms in total. The number of methoxy groups -OCH3 is 2. The predicted octanol–water partition coefficient (Wildman–Crippen LogP) is 1.97. The van der Waals surface area contributed by atoms with Gasteiger partial charge in [0.25, 0.3) is 5.91 Å². The van der Waals surface area contributed by atoms with Gasteiger partial charge >= 0.3 is 5.97 Å². The summed E-state index contributed by atoms with van der Waals surface area (Å²) in [7, 11) is 2.87. The molecule has 1 aliphatic heterocycles. The lowest BCUT2D eigenvalue weighted by atomic mass is 10.1. The molecule has 0 aliphatic carbocycles. The molecule has 104 valence electrons. The highest BCUT2D eigenvalue weighted by Gasteiger charge is 2.22. The number of ether oxygens (including phenoxy) is 2. The van der Waals surface area contributed by atoms with Crippen molar-refractivity contribution in [3.63, 3.8) is 0 Å². The van der Waals surface area contributed by atoms with E-state index in [4.69, 9.17) is 4.74 Å². The van der Waals surface area contributed by atoms with Gasteiger partial charge in [-0.1, -0.05) is 23.9 Å². The molecule has 1 amide bonds. The SMILES string of the molecule is COC(=O)/C=C1/SC(Cc2ccc(OC)cc2)=NC1=O. The maximum absolute atomic E-state index is 11.6. The van der Waals surface area contributed by atoms with Crippen molar-refractivity contribution in [3.05, 3.63) is 40.8 Å². The number of amides is 1. The van der Waals surface area contributed by atoms with Gasteiger partial charge in [0, 0.05) is 12.5 Å². The van der Waals surface area contributed by atoms with Crippen molar-refractivity contribution < 1.29 is 19.1 Å². The van der Waals surface area contributed by atoms with Gasteiger partial charge in [0.05, 0.1) is 24.2 Å². The van der Waals surface area contributed by atoms with Crippen LogP contribution in [0.5, 0.6) is 5.75 Å². The Kier molecular flexibility index (Phi) is 4.57. The maximum atomic E-state index is 11.6. The van der Waals surface area contributed by atoms with Crippen molar-refractivity contribution in [1.29, 1.82) is 0 Å². The zero-order valence-electron chi connectivity index (χ0n) is 11.1. The van der Waals surface area contributed by atoms with E-state index in [-0.39, 0.29) is 0 Å². The minimum absolute atomic E-state index is 0.292. The van der Waals surface area contributed by atoms with Crippen LogP contribution in [0.3, 0.4) is 0 Å². The van der Waals surface area contributed by atoms with Crippen molar-refractivity contribution >= 4 is 28.7 Å². The minimum Gasteiger partial charge on any atom is -0.497 e. The van der Waals surface area contributed by atoms with Crippen LogP contribution < -0.4 is 4.74 Å². The van der Waals surface area contributed by atoms with E-state index in [1.807, 2.05) is 24.3 Å². The number of carbonyl (C=O) groups is 2. The highest BCUT2D eigenvalue weighted by atomic mass is 32.2. The van der Waals surface area contributed by atoms with E-state index in [9.17, 15) is 9.59 Å². The van der Waals surface area contributed by atoms with E-state index in [1.54, 1.807) is 7.11 Å². The summed E-state index contributed by atoms with van der Waals surface area (Å²) in [5.41, 5.74) is 1.02. The molecule has 0 spiro atoms. The van der Waals surface area contributed by atoms with Crippen LogP contribution in [-0.4, -0.2) is 31.1 Å². The summed E-state index contributed by atoms with van der Waals surface area (Å²) >= 11 is 1.20. The van der Waals surface area contributed by atoms with E-state index >= 15 is 0 Å². The number of thioether (sulfide) groups is 1. The molecule has 0 unspecified atom stereocenters. The zero-order chi connectivity index (χ0) is 14.5. The Morgan fingerprint density at radius 2 is 2.00 bits per heavy atom. The van der Waals surface area contributed by atoms with Gasteiger partial charge < -0.3 is 9.47 Å². The third-order valence-corrected chi connectivity index (χ3v) is 3.61. The Labute approximate surface area is 120 Å². The predicted molar refractivity (Wildman–Crippen MR) is 76.8 cm³/mol. The topological polar surface area (TPSA) is 65.0 Å². The molecule has 1 heterocycles. The van der Waals surface area contributed by atoms with Gasteiger partial charge in [0.1, 0.15) is 5.75 Å². The number of hydrogen-bond acceptors (Lipinski definition) is 5. The first-order valence-electron chi connectivity index (χ1n) is 5.84. The Balaban J connectivity index is 2.04. The maximum Gasteiger partial charge on any atom is 0.331 e.